The van der Waals surface area contributed by atoms with Crippen molar-refractivity contribution in [3.63, 3.8) is 0 Å². The van der Waals surface area contributed by atoms with Crippen LogP contribution in [0.1, 0.15) is 53.9 Å². The highest BCUT2D eigenvalue weighted by molar-refractivity contribution is 5.77. The maximum atomic E-state index is 12.2. The molecule has 0 aromatic rings. The second-order valence-corrected chi connectivity index (χ2v) is 5.40. The first-order valence-electron chi connectivity index (χ1n) is 6.40. The highest BCUT2D eigenvalue weighted by atomic mass is 16.6. The van der Waals surface area contributed by atoms with Crippen LogP contribution in [0, 0.1) is 5.41 Å². The van der Waals surface area contributed by atoms with Gasteiger partial charge in [-0.15, -0.1) is 0 Å². The number of nitrogens with two attached hydrogens (primary N) is 1. The summed E-state index contributed by atoms with van der Waals surface area (Å²) < 4.78 is 5.51. The van der Waals surface area contributed by atoms with Crippen molar-refractivity contribution in [3.8, 4) is 0 Å². The zero-order valence-electron chi connectivity index (χ0n) is 11.9. The molecular formula is C14H27NO2. The topological polar surface area (TPSA) is 52.3 Å². The number of allylic oxidation sites excluding steroid dienone is 1. The third-order valence-corrected chi connectivity index (χ3v) is 3.00. The van der Waals surface area contributed by atoms with E-state index in [1.165, 1.54) is 0 Å². The zero-order valence-corrected chi connectivity index (χ0v) is 11.9. The molecule has 17 heavy (non-hydrogen) atoms. The quantitative estimate of drug-likeness (QED) is 0.574. The molecule has 3 nitrogen and oxygen atoms in total. The van der Waals surface area contributed by atoms with Crippen LogP contribution in [0.5, 0.6) is 0 Å². The lowest BCUT2D eigenvalue weighted by molar-refractivity contribution is -0.168. The fraction of sp³-hybridized carbons (Fsp3) is 0.786. The standard InChI is InChI=1S/C14H27NO2/c1-6-14(7-2,10-8-9-11-15)12(16)17-13(3,4)5/h8-9H,6-7,10-11,15H2,1-5H3/b9-8+. The Morgan fingerprint density at radius 2 is 1.71 bits per heavy atom. The molecule has 0 aliphatic carbocycles. The van der Waals surface area contributed by atoms with Gasteiger partial charge in [0.2, 0.25) is 0 Å². The van der Waals surface area contributed by atoms with E-state index in [4.69, 9.17) is 10.5 Å². The van der Waals surface area contributed by atoms with Gasteiger partial charge in [0.05, 0.1) is 5.41 Å². The maximum absolute atomic E-state index is 12.2. The van der Waals surface area contributed by atoms with Crippen molar-refractivity contribution in [1.29, 1.82) is 0 Å². The molecule has 0 unspecified atom stereocenters. The molecule has 0 saturated heterocycles. The molecule has 0 fully saturated rings. The number of hydrogen-bond acceptors (Lipinski definition) is 3. The minimum atomic E-state index is -0.426. The van der Waals surface area contributed by atoms with Crippen molar-refractivity contribution >= 4 is 5.97 Å². The van der Waals surface area contributed by atoms with Crippen LogP contribution >= 0.6 is 0 Å². The number of carbonyl (C=O) groups is 1. The number of rotatable bonds is 6. The number of esters is 1. The van der Waals surface area contributed by atoms with Crippen LogP contribution in [-0.4, -0.2) is 18.1 Å². The lowest BCUT2D eigenvalue weighted by Crippen LogP contribution is -2.36. The number of ether oxygens (including phenoxy) is 1. The average molecular weight is 241 g/mol. The number of carbonyl (C=O) groups excluding carboxylic acids is 1. The summed E-state index contributed by atoms with van der Waals surface area (Å²) in [5.74, 6) is -0.100. The van der Waals surface area contributed by atoms with E-state index in [1.807, 2.05) is 46.8 Å². The van der Waals surface area contributed by atoms with Gasteiger partial charge >= 0.3 is 5.97 Å². The van der Waals surface area contributed by atoms with Crippen LogP contribution in [-0.2, 0) is 9.53 Å². The van der Waals surface area contributed by atoms with E-state index >= 15 is 0 Å². The fourth-order valence-electron chi connectivity index (χ4n) is 1.70. The Balaban J connectivity index is 4.80. The first kappa shape index (κ1) is 16.2. The van der Waals surface area contributed by atoms with Gasteiger partial charge in [-0.25, -0.2) is 0 Å². The van der Waals surface area contributed by atoms with Gasteiger partial charge in [-0.1, -0.05) is 26.0 Å². The predicted octanol–water partition coefficient (Wildman–Crippen LogP) is 3.04. The van der Waals surface area contributed by atoms with Gasteiger partial charge in [-0.05, 0) is 40.0 Å². The molecule has 0 saturated carbocycles. The summed E-state index contributed by atoms with van der Waals surface area (Å²) in [5.41, 5.74) is 4.59. The van der Waals surface area contributed by atoms with Gasteiger partial charge in [0.15, 0.2) is 0 Å². The average Bonchev–Trinajstić information content (AvgIpc) is 2.22. The van der Waals surface area contributed by atoms with Crippen molar-refractivity contribution in [2.24, 2.45) is 11.1 Å². The van der Waals surface area contributed by atoms with Crippen LogP contribution in [0.25, 0.3) is 0 Å². The van der Waals surface area contributed by atoms with Gasteiger partial charge in [0, 0.05) is 6.54 Å². The van der Waals surface area contributed by atoms with E-state index in [1.54, 1.807) is 0 Å². The van der Waals surface area contributed by atoms with Crippen molar-refractivity contribution in [1.82, 2.24) is 0 Å². The lowest BCUT2D eigenvalue weighted by Gasteiger charge is -2.32. The van der Waals surface area contributed by atoms with Gasteiger partial charge in [0.1, 0.15) is 5.60 Å². The summed E-state index contributed by atoms with van der Waals surface area (Å²) in [6.07, 6.45) is 6.15. The third kappa shape index (κ3) is 5.35. The van der Waals surface area contributed by atoms with E-state index in [2.05, 4.69) is 0 Å². The van der Waals surface area contributed by atoms with Crippen molar-refractivity contribution in [2.75, 3.05) is 6.54 Å². The number of hydrogen-bond donors (Lipinski definition) is 1. The molecule has 0 spiro atoms. The van der Waals surface area contributed by atoms with Crippen molar-refractivity contribution in [2.45, 2.75) is 59.5 Å². The van der Waals surface area contributed by atoms with E-state index in [9.17, 15) is 4.79 Å². The fourth-order valence-corrected chi connectivity index (χ4v) is 1.70. The molecule has 0 amide bonds. The summed E-state index contributed by atoms with van der Waals surface area (Å²) >= 11 is 0. The Morgan fingerprint density at radius 3 is 2.06 bits per heavy atom. The Kier molecular flexibility index (Phi) is 6.46. The second-order valence-electron chi connectivity index (χ2n) is 5.40. The van der Waals surface area contributed by atoms with Crippen molar-refractivity contribution < 1.29 is 9.53 Å². The van der Waals surface area contributed by atoms with Crippen LogP contribution in [0.3, 0.4) is 0 Å². The molecule has 0 heterocycles. The van der Waals surface area contributed by atoms with Crippen LogP contribution in [0.15, 0.2) is 12.2 Å². The minimum Gasteiger partial charge on any atom is -0.460 e. The monoisotopic (exact) mass is 241 g/mol. The molecule has 0 aliphatic heterocycles. The minimum absolute atomic E-state index is 0.100. The van der Waals surface area contributed by atoms with Gasteiger partial charge in [0.25, 0.3) is 0 Å². The molecule has 0 aromatic carbocycles. The first-order valence-corrected chi connectivity index (χ1v) is 6.40. The summed E-state index contributed by atoms with van der Waals surface area (Å²) in [4.78, 5) is 12.2. The highest BCUT2D eigenvalue weighted by Crippen LogP contribution is 2.34. The van der Waals surface area contributed by atoms with E-state index in [0.717, 1.165) is 12.8 Å². The largest absolute Gasteiger partial charge is 0.460 e. The molecule has 0 rings (SSSR count). The Bertz CT molecular complexity index is 260. The van der Waals surface area contributed by atoms with E-state index in [0.29, 0.717) is 13.0 Å². The maximum Gasteiger partial charge on any atom is 0.312 e. The summed E-state index contributed by atoms with van der Waals surface area (Å²) in [5, 5.41) is 0. The molecule has 0 radical (unpaired) electrons. The Morgan fingerprint density at radius 1 is 1.18 bits per heavy atom. The molecular weight excluding hydrogens is 214 g/mol. The Hall–Kier alpha value is -0.830. The summed E-state index contributed by atoms with van der Waals surface area (Å²) in [6.45, 7) is 10.3. The van der Waals surface area contributed by atoms with Crippen LogP contribution < -0.4 is 5.73 Å². The molecule has 100 valence electrons. The first-order chi connectivity index (χ1) is 7.81. The molecule has 0 atom stereocenters. The Labute approximate surface area is 105 Å². The summed E-state index contributed by atoms with van der Waals surface area (Å²) in [7, 11) is 0. The van der Waals surface area contributed by atoms with Crippen LogP contribution in [0.2, 0.25) is 0 Å². The predicted molar refractivity (Wildman–Crippen MR) is 71.7 cm³/mol. The normalized spacial score (nSPS) is 13.1. The van der Waals surface area contributed by atoms with E-state index < -0.39 is 11.0 Å². The van der Waals surface area contributed by atoms with Gasteiger partial charge in [-0.3, -0.25) is 4.79 Å². The molecule has 3 heteroatoms. The zero-order chi connectivity index (χ0) is 13.5. The van der Waals surface area contributed by atoms with Crippen LogP contribution in [0.4, 0.5) is 0 Å². The summed E-state index contributed by atoms with van der Waals surface area (Å²) in [6, 6.07) is 0. The highest BCUT2D eigenvalue weighted by Gasteiger charge is 2.37. The van der Waals surface area contributed by atoms with E-state index in [-0.39, 0.29) is 5.97 Å². The van der Waals surface area contributed by atoms with Crippen molar-refractivity contribution in [3.05, 3.63) is 12.2 Å². The molecule has 0 aromatic heterocycles. The lowest BCUT2D eigenvalue weighted by atomic mass is 9.79. The second kappa shape index (κ2) is 6.80. The van der Waals surface area contributed by atoms with Gasteiger partial charge in [-0.2, -0.15) is 0 Å². The smallest absolute Gasteiger partial charge is 0.312 e. The molecule has 2 N–H and O–H groups in total. The molecule has 0 aliphatic rings. The van der Waals surface area contributed by atoms with Gasteiger partial charge < -0.3 is 10.5 Å². The third-order valence-electron chi connectivity index (χ3n) is 3.00. The SMILES string of the molecule is CCC(CC)(C/C=C/CN)C(=O)OC(C)(C)C. The molecule has 0 bridgehead atoms.